The maximum atomic E-state index is 11.0. The predicted octanol–water partition coefficient (Wildman–Crippen LogP) is 3.83. The molecule has 0 aromatic heterocycles. The van der Waals surface area contributed by atoms with Crippen molar-refractivity contribution in [2.24, 2.45) is 0 Å². The van der Waals surface area contributed by atoms with E-state index >= 15 is 0 Å². The lowest BCUT2D eigenvalue weighted by Crippen LogP contribution is -1.97. The molecule has 0 saturated heterocycles. The quantitative estimate of drug-likeness (QED) is 0.568. The highest BCUT2D eigenvalue weighted by Gasteiger charge is 2.15. The van der Waals surface area contributed by atoms with Gasteiger partial charge in [-0.3, -0.25) is 0 Å². The standard InChI is InChI=1S/C20H14O6/c21-17-10-12(19(23)24)6-7-15(17)14-4-2-1-3-13(14)11-5-8-16(20(25)26)18(22)9-11/h1-10,21-22H,(H,23,24)(H,25,26). The summed E-state index contributed by atoms with van der Waals surface area (Å²) in [6, 6.07) is 15.3. The molecular formula is C20H14O6. The second kappa shape index (κ2) is 6.60. The first-order valence-corrected chi connectivity index (χ1v) is 7.61. The average Bonchev–Trinajstić information content (AvgIpc) is 2.61. The molecule has 0 radical (unpaired) electrons. The maximum absolute atomic E-state index is 11.0. The molecule has 0 spiro atoms. The number of aromatic carboxylic acids is 2. The minimum absolute atomic E-state index is 0.0350. The minimum Gasteiger partial charge on any atom is -0.507 e. The van der Waals surface area contributed by atoms with Crippen molar-refractivity contribution in [2.75, 3.05) is 0 Å². The van der Waals surface area contributed by atoms with Gasteiger partial charge in [0.15, 0.2) is 0 Å². The van der Waals surface area contributed by atoms with E-state index in [-0.39, 0.29) is 22.6 Å². The second-order valence-electron chi connectivity index (χ2n) is 5.62. The zero-order valence-electron chi connectivity index (χ0n) is 13.4. The number of rotatable bonds is 4. The van der Waals surface area contributed by atoms with Gasteiger partial charge in [-0.2, -0.15) is 0 Å². The molecule has 0 fully saturated rings. The van der Waals surface area contributed by atoms with Crippen LogP contribution in [0.1, 0.15) is 20.7 Å². The van der Waals surface area contributed by atoms with Crippen LogP contribution in [-0.2, 0) is 0 Å². The molecule has 3 aromatic rings. The van der Waals surface area contributed by atoms with E-state index in [0.717, 1.165) is 0 Å². The van der Waals surface area contributed by atoms with Crippen molar-refractivity contribution in [3.05, 3.63) is 71.8 Å². The average molecular weight is 350 g/mol. The molecule has 0 atom stereocenters. The molecule has 0 bridgehead atoms. The van der Waals surface area contributed by atoms with Gasteiger partial charge in [0, 0.05) is 5.56 Å². The number of hydrogen-bond donors (Lipinski definition) is 4. The Bertz CT molecular complexity index is 1020. The SMILES string of the molecule is O=C(O)c1ccc(-c2ccccc2-c2ccc(C(=O)O)c(O)c2)c(O)c1. The van der Waals surface area contributed by atoms with Gasteiger partial charge in [-0.25, -0.2) is 9.59 Å². The molecule has 0 aliphatic carbocycles. The van der Waals surface area contributed by atoms with E-state index in [1.54, 1.807) is 30.3 Å². The number of carboxylic acids is 2. The smallest absolute Gasteiger partial charge is 0.339 e. The summed E-state index contributed by atoms with van der Waals surface area (Å²) < 4.78 is 0. The zero-order valence-corrected chi connectivity index (χ0v) is 13.4. The molecule has 3 aromatic carbocycles. The van der Waals surface area contributed by atoms with Crippen LogP contribution in [0.25, 0.3) is 22.3 Å². The summed E-state index contributed by atoms with van der Waals surface area (Å²) in [5, 5.41) is 38.2. The number of carbonyl (C=O) groups is 2. The summed E-state index contributed by atoms with van der Waals surface area (Å²) in [6.45, 7) is 0. The number of benzene rings is 3. The van der Waals surface area contributed by atoms with Crippen molar-refractivity contribution < 1.29 is 30.0 Å². The van der Waals surface area contributed by atoms with Gasteiger partial charge in [0.05, 0.1) is 5.56 Å². The molecule has 0 aliphatic rings. The number of aromatic hydroxyl groups is 2. The van der Waals surface area contributed by atoms with Gasteiger partial charge < -0.3 is 20.4 Å². The molecular weight excluding hydrogens is 336 g/mol. The number of phenols is 2. The highest BCUT2D eigenvalue weighted by Crippen LogP contribution is 2.38. The Morgan fingerprint density at radius 2 is 1.35 bits per heavy atom. The van der Waals surface area contributed by atoms with E-state index in [2.05, 4.69) is 0 Å². The molecule has 6 nitrogen and oxygen atoms in total. The van der Waals surface area contributed by atoms with Crippen molar-refractivity contribution in [1.29, 1.82) is 0 Å². The molecule has 0 aliphatic heterocycles. The summed E-state index contributed by atoms with van der Waals surface area (Å²) in [5.74, 6) is -2.93. The van der Waals surface area contributed by atoms with Crippen LogP contribution in [0.2, 0.25) is 0 Å². The fraction of sp³-hybridized carbons (Fsp3) is 0. The van der Waals surface area contributed by atoms with Crippen LogP contribution in [0.15, 0.2) is 60.7 Å². The number of hydrogen-bond acceptors (Lipinski definition) is 4. The van der Waals surface area contributed by atoms with Crippen molar-refractivity contribution in [3.63, 3.8) is 0 Å². The Morgan fingerprint density at radius 1 is 0.654 bits per heavy atom. The first kappa shape index (κ1) is 17.0. The lowest BCUT2D eigenvalue weighted by atomic mass is 9.93. The Hall–Kier alpha value is -3.80. The van der Waals surface area contributed by atoms with Crippen molar-refractivity contribution in [1.82, 2.24) is 0 Å². The summed E-state index contributed by atoms with van der Waals surface area (Å²) in [6.07, 6.45) is 0. The van der Waals surface area contributed by atoms with Gasteiger partial charge in [-0.15, -0.1) is 0 Å². The topological polar surface area (TPSA) is 115 Å². The fourth-order valence-corrected chi connectivity index (χ4v) is 2.74. The van der Waals surface area contributed by atoms with Gasteiger partial charge in [-0.05, 0) is 47.0 Å². The molecule has 0 amide bonds. The normalized spacial score (nSPS) is 10.5. The van der Waals surface area contributed by atoms with E-state index in [9.17, 15) is 19.8 Å². The lowest BCUT2D eigenvalue weighted by molar-refractivity contribution is 0.0684. The van der Waals surface area contributed by atoms with Crippen LogP contribution in [0.5, 0.6) is 11.5 Å². The first-order valence-electron chi connectivity index (χ1n) is 7.61. The summed E-state index contributed by atoms with van der Waals surface area (Å²) in [5.41, 5.74) is 2.01. The van der Waals surface area contributed by atoms with Crippen LogP contribution >= 0.6 is 0 Å². The highest BCUT2D eigenvalue weighted by molar-refractivity contribution is 5.94. The van der Waals surface area contributed by atoms with Crippen LogP contribution in [0, 0.1) is 0 Å². The second-order valence-corrected chi connectivity index (χ2v) is 5.62. The van der Waals surface area contributed by atoms with Crippen LogP contribution in [0.4, 0.5) is 0 Å². The Balaban J connectivity index is 2.14. The maximum Gasteiger partial charge on any atom is 0.339 e. The van der Waals surface area contributed by atoms with Crippen molar-refractivity contribution in [2.45, 2.75) is 0 Å². The van der Waals surface area contributed by atoms with E-state index in [4.69, 9.17) is 10.2 Å². The zero-order chi connectivity index (χ0) is 18.8. The van der Waals surface area contributed by atoms with Crippen LogP contribution in [0.3, 0.4) is 0 Å². The first-order chi connectivity index (χ1) is 12.4. The fourth-order valence-electron chi connectivity index (χ4n) is 2.74. The van der Waals surface area contributed by atoms with Crippen LogP contribution in [-0.4, -0.2) is 32.4 Å². The largest absolute Gasteiger partial charge is 0.507 e. The molecule has 0 saturated carbocycles. The molecule has 0 unspecified atom stereocenters. The highest BCUT2D eigenvalue weighted by atomic mass is 16.4. The number of carboxylic acid groups (broad SMARTS) is 2. The summed E-state index contributed by atoms with van der Waals surface area (Å²) in [7, 11) is 0. The van der Waals surface area contributed by atoms with Crippen molar-refractivity contribution in [3.8, 4) is 33.8 Å². The van der Waals surface area contributed by atoms with E-state index in [0.29, 0.717) is 22.3 Å². The molecule has 3 rings (SSSR count). The molecule has 4 N–H and O–H groups in total. The Kier molecular flexibility index (Phi) is 4.33. The Morgan fingerprint density at radius 3 is 1.92 bits per heavy atom. The minimum atomic E-state index is -1.23. The van der Waals surface area contributed by atoms with Crippen molar-refractivity contribution >= 4 is 11.9 Å². The van der Waals surface area contributed by atoms with E-state index in [1.807, 2.05) is 0 Å². The van der Waals surface area contributed by atoms with E-state index in [1.165, 1.54) is 30.3 Å². The molecule has 130 valence electrons. The molecule has 26 heavy (non-hydrogen) atoms. The molecule has 0 heterocycles. The van der Waals surface area contributed by atoms with Gasteiger partial charge in [0.2, 0.25) is 0 Å². The third-order valence-electron chi connectivity index (χ3n) is 4.00. The van der Waals surface area contributed by atoms with E-state index < -0.39 is 11.9 Å². The third-order valence-corrected chi connectivity index (χ3v) is 4.00. The number of phenolic OH excluding ortho intramolecular Hbond substituents is 1. The van der Waals surface area contributed by atoms with Gasteiger partial charge in [0.25, 0.3) is 0 Å². The van der Waals surface area contributed by atoms with Gasteiger partial charge >= 0.3 is 11.9 Å². The van der Waals surface area contributed by atoms with Gasteiger partial charge in [-0.1, -0.05) is 30.3 Å². The summed E-state index contributed by atoms with van der Waals surface area (Å²) >= 11 is 0. The monoisotopic (exact) mass is 350 g/mol. The predicted molar refractivity (Wildman–Crippen MR) is 94.6 cm³/mol. The van der Waals surface area contributed by atoms with Gasteiger partial charge in [0.1, 0.15) is 17.1 Å². The Labute approximate surface area is 148 Å². The molecule has 6 heteroatoms. The van der Waals surface area contributed by atoms with Crippen LogP contribution < -0.4 is 0 Å². The third kappa shape index (κ3) is 3.08. The lowest BCUT2D eigenvalue weighted by Gasteiger charge is -2.13. The summed E-state index contributed by atoms with van der Waals surface area (Å²) in [4.78, 5) is 22.1.